The fraction of sp³-hybridized carbons (Fsp3) is 0.417. The summed E-state index contributed by atoms with van der Waals surface area (Å²) in [5, 5.41) is 3.34. The molecule has 1 aliphatic heterocycles. The number of hydrogen-bond donors (Lipinski definition) is 2. The van der Waals surface area contributed by atoms with Crippen molar-refractivity contribution in [3.63, 3.8) is 0 Å². The number of para-hydroxylation sites is 1. The summed E-state index contributed by atoms with van der Waals surface area (Å²) in [4.78, 5) is 11.6. The average molecular weight is 221 g/mol. The Labute approximate surface area is 96.4 Å². The highest BCUT2D eigenvalue weighted by Gasteiger charge is 2.08. The Kier molecular flexibility index (Phi) is 5.36. The summed E-state index contributed by atoms with van der Waals surface area (Å²) in [5.41, 5.74) is 5.82. The van der Waals surface area contributed by atoms with E-state index in [0.717, 1.165) is 26.2 Å². The van der Waals surface area contributed by atoms with Gasteiger partial charge in [-0.05, 0) is 12.1 Å². The van der Waals surface area contributed by atoms with Crippen LogP contribution in [0, 0.1) is 0 Å². The first kappa shape index (κ1) is 12.5. The molecule has 2 rings (SSSR count). The number of nitrogens with two attached hydrogens (primary N) is 1. The summed E-state index contributed by atoms with van der Waals surface area (Å²) in [6.45, 7) is 5.78. The maximum Gasteiger partial charge on any atom is 0.214 e. The van der Waals surface area contributed by atoms with Gasteiger partial charge in [0.15, 0.2) is 0 Å². The number of carbonyl (C=O) groups excluding carboxylic acids is 1. The van der Waals surface area contributed by atoms with E-state index in [2.05, 4.69) is 46.3 Å². The van der Waals surface area contributed by atoms with E-state index in [4.69, 9.17) is 0 Å². The Bertz CT molecular complexity index is 303. The van der Waals surface area contributed by atoms with Crippen molar-refractivity contribution in [2.45, 2.75) is 6.92 Å². The molecular formula is C12H19N3O. The van der Waals surface area contributed by atoms with Crippen LogP contribution in [-0.2, 0) is 4.79 Å². The second-order valence-corrected chi connectivity index (χ2v) is 3.68. The summed E-state index contributed by atoms with van der Waals surface area (Å²) in [6, 6.07) is 10.6. The SMILES string of the molecule is CC(N)=O.c1ccc(N2CCNCC2)cc1. The number of nitrogens with one attached hydrogen (secondary N) is 1. The lowest BCUT2D eigenvalue weighted by Gasteiger charge is -2.29. The van der Waals surface area contributed by atoms with Crippen molar-refractivity contribution in [2.75, 3.05) is 31.1 Å². The van der Waals surface area contributed by atoms with Crippen molar-refractivity contribution in [3.05, 3.63) is 30.3 Å². The number of hydrogen-bond acceptors (Lipinski definition) is 3. The number of primary amides is 1. The summed E-state index contributed by atoms with van der Waals surface area (Å²) >= 11 is 0. The molecule has 88 valence electrons. The molecule has 0 saturated carbocycles. The Hall–Kier alpha value is -1.55. The lowest BCUT2D eigenvalue weighted by molar-refractivity contribution is -0.115. The number of benzene rings is 1. The number of amides is 1. The van der Waals surface area contributed by atoms with Gasteiger partial charge in [0.2, 0.25) is 5.91 Å². The molecule has 1 fully saturated rings. The van der Waals surface area contributed by atoms with E-state index in [1.807, 2.05) is 0 Å². The molecule has 1 heterocycles. The van der Waals surface area contributed by atoms with Gasteiger partial charge in [0.25, 0.3) is 0 Å². The van der Waals surface area contributed by atoms with E-state index in [9.17, 15) is 4.79 Å². The summed E-state index contributed by atoms with van der Waals surface area (Å²) < 4.78 is 0. The standard InChI is InChI=1S/C10H14N2.C2H5NO/c1-2-4-10(5-3-1)12-8-6-11-7-9-12;1-2(3)4/h1-5,11H,6-9H2;1H3,(H2,3,4). The molecule has 16 heavy (non-hydrogen) atoms. The molecule has 1 aromatic carbocycles. The largest absolute Gasteiger partial charge is 0.370 e. The molecule has 1 aromatic rings. The molecule has 4 nitrogen and oxygen atoms in total. The van der Waals surface area contributed by atoms with Crippen LogP contribution in [-0.4, -0.2) is 32.1 Å². The summed E-state index contributed by atoms with van der Waals surface area (Å²) in [6.07, 6.45) is 0. The minimum Gasteiger partial charge on any atom is -0.370 e. The first-order valence-electron chi connectivity index (χ1n) is 5.47. The van der Waals surface area contributed by atoms with Crippen molar-refractivity contribution in [1.82, 2.24) is 5.32 Å². The van der Waals surface area contributed by atoms with Gasteiger partial charge in [-0.25, -0.2) is 0 Å². The Morgan fingerprint density at radius 3 is 2.25 bits per heavy atom. The number of piperazine rings is 1. The van der Waals surface area contributed by atoms with Crippen LogP contribution in [0.4, 0.5) is 5.69 Å². The predicted octanol–water partition coefficient (Wildman–Crippen LogP) is 0.588. The van der Waals surface area contributed by atoms with E-state index >= 15 is 0 Å². The van der Waals surface area contributed by atoms with Gasteiger partial charge >= 0.3 is 0 Å². The highest BCUT2D eigenvalue weighted by atomic mass is 16.1. The number of anilines is 1. The summed E-state index contributed by atoms with van der Waals surface area (Å²) in [5.74, 6) is -0.333. The van der Waals surface area contributed by atoms with Crippen molar-refractivity contribution >= 4 is 11.6 Å². The monoisotopic (exact) mass is 221 g/mol. The van der Waals surface area contributed by atoms with Crippen LogP contribution >= 0.6 is 0 Å². The van der Waals surface area contributed by atoms with Crippen LogP contribution in [0.3, 0.4) is 0 Å². The van der Waals surface area contributed by atoms with E-state index in [-0.39, 0.29) is 5.91 Å². The van der Waals surface area contributed by atoms with Crippen molar-refractivity contribution in [3.8, 4) is 0 Å². The van der Waals surface area contributed by atoms with E-state index in [0.29, 0.717) is 0 Å². The van der Waals surface area contributed by atoms with Crippen LogP contribution in [0.5, 0.6) is 0 Å². The van der Waals surface area contributed by atoms with Gasteiger partial charge in [-0.3, -0.25) is 4.79 Å². The topological polar surface area (TPSA) is 58.4 Å². The molecule has 0 radical (unpaired) electrons. The molecule has 4 heteroatoms. The molecule has 0 aromatic heterocycles. The maximum atomic E-state index is 9.22. The zero-order valence-corrected chi connectivity index (χ0v) is 9.65. The third-order valence-corrected chi connectivity index (χ3v) is 2.24. The molecule has 1 amide bonds. The Balaban J connectivity index is 0.000000280. The van der Waals surface area contributed by atoms with E-state index in [1.54, 1.807) is 0 Å². The Morgan fingerprint density at radius 1 is 1.25 bits per heavy atom. The molecule has 1 saturated heterocycles. The fourth-order valence-corrected chi connectivity index (χ4v) is 1.56. The van der Waals surface area contributed by atoms with Gasteiger partial charge < -0.3 is 16.0 Å². The molecule has 0 aliphatic carbocycles. The smallest absolute Gasteiger partial charge is 0.214 e. The lowest BCUT2D eigenvalue weighted by Crippen LogP contribution is -2.43. The van der Waals surface area contributed by atoms with Gasteiger partial charge in [-0.1, -0.05) is 18.2 Å². The fourth-order valence-electron chi connectivity index (χ4n) is 1.56. The van der Waals surface area contributed by atoms with Crippen LogP contribution in [0.15, 0.2) is 30.3 Å². The summed E-state index contributed by atoms with van der Waals surface area (Å²) in [7, 11) is 0. The number of rotatable bonds is 1. The normalized spacial score (nSPS) is 14.9. The van der Waals surface area contributed by atoms with Gasteiger partial charge in [0.05, 0.1) is 0 Å². The minimum atomic E-state index is -0.333. The molecule has 3 N–H and O–H groups in total. The van der Waals surface area contributed by atoms with E-state index < -0.39 is 0 Å². The highest BCUT2D eigenvalue weighted by molar-refractivity contribution is 5.70. The van der Waals surface area contributed by atoms with Crippen molar-refractivity contribution in [1.29, 1.82) is 0 Å². The molecule has 0 spiro atoms. The van der Waals surface area contributed by atoms with Crippen LogP contribution in [0.25, 0.3) is 0 Å². The maximum absolute atomic E-state index is 9.22. The number of carbonyl (C=O) groups is 1. The zero-order chi connectivity index (χ0) is 11.8. The third-order valence-electron chi connectivity index (χ3n) is 2.24. The predicted molar refractivity (Wildman–Crippen MR) is 66.4 cm³/mol. The first-order chi connectivity index (χ1) is 7.70. The molecule has 1 aliphatic rings. The molecular weight excluding hydrogens is 202 g/mol. The van der Waals surface area contributed by atoms with Gasteiger partial charge in [0.1, 0.15) is 0 Å². The van der Waals surface area contributed by atoms with Crippen molar-refractivity contribution < 1.29 is 4.79 Å². The van der Waals surface area contributed by atoms with Gasteiger partial charge in [0, 0.05) is 38.8 Å². The number of nitrogens with zero attached hydrogens (tertiary/aromatic N) is 1. The van der Waals surface area contributed by atoms with Crippen LogP contribution in [0.2, 0.25) is 0 Å². The molecule has 0 bridgehead atoms. The second-order valence-electron chi connectivity index (χ2n) is 3.68. The van der Waals surface area contributed by atoms with Crippen LogP contribution < -0.4 is 16.0 Å². The molecule has 0 unspecified atom stereocenters. The quantitative estimate of drug-likeness (QED) is 0.729. The molecule has 0 atom stereocenters. The van der Waals surface area contributed by atoms with E-state index in [1.165, 1.54) is 12.6 Å². The third kappa shape index (κ3) is 4.79. The minimum absolute atomic E-state index is 0.333. The highest BCUT2D eigenvalue weighted by Crippen LogP contribution is 2.12. The average Bonchev–Trinajstić information content (AvgIpc) is 2.31. The van der Waals surface area contributed by atoms with Gasteiger partial charge in [-0.2, -0.15) is 0 Å². The first-order valence-corrected chi connectivity index (χ1v) is 5.47. The zero-order valence-electron chi connectivity index (χ0n) is 9.65. The van der Waals surface area contributed by atoms with Gasteiger partial charge in [-0.15, -0.1) is 0 Å². The Morgan fingerprint density at radius 2 is 1.75 bits per heavy atom. The van der Waals surface area contributed by atoms with Crippen LogP contribution in [0.1, 0.15) is 6.92 Å². The second kappa shape index (κ2) is 6.85. The van der Waals surface area contributed by atoms with Crippen molar-refractivity contribution in [2.24, 2.45) is 5.73 Å². The lowest BCUT2D eigenvalue weighted by atomic mass is 10.2.